The number of para-hydroxylation sites is 1. The monoisotopic (exact) mass is 326 g/mol. The molecule has 0 aromatic heterocycles. The van der Waals surface area contributed by atoms with Crippen LogP contribution in [0.15, 0.2) is 48.5 Å². The average Bonchev–Trinajstić information content (AvgIpc) is 2.54. The zero-order valence-corrected chi connectivity index (χ0v) is 13.6. The van der Waals surface area contributed by atoms with Crippen molar-refractivity contribution >= 4 is 17.5 Å². The van der Waals surface area contributed by atoms with Crippen LogP contribution in [0.2, 0.25) is 0 Å². The van der Waals surface area contributed by atoms with Crippen LogP contribution in [0, 0.1) is 5.82 Å². The Morgan fingerprint density at radius 2 is 1.79 bits per heavy atom. The minimum Gasteiger partial charge on any atom is -0.349 e. The molecule has 0 spiro atoms. The summed E-state index contributed by atoms with van der Waals surface area (Å²) in [6, 6.07) is 12.9. The molecule has 2 atom stereocenters. The van der Waals surface area contributed by atoms with Crippen LogP contribution in [-0.4, -0.2) is 17.9 Å². The first-order chi connectivity index (χ1) is 11.5. The van der Waals surface area contributed by atoms with E-state index in [0.29, 0.717) is 12.0 Å². The molecule has 24 heavy (non-hydrogen) atoms. The zero-order chi connectivity index (χ0) is 17.3. The van der Waals surface area contributed by atoms with Crippen LogP contribution in [0.25, 0.3) is 0 Å². The first kappa shape index (κ1) is 16.2. The quantitative estimate of drug-likeness (QED) is 0.919. The van der Waals surface area contributed by atoms with Crippen LogP contribution in [0.4, 0.5) is 10.1 Å². The summed E-state index contributed by atoms with van der Waals surface area (Å²) in [6.45, 7) is 3.44. The fraction of sp³-hybridized carbons (Fsp3) is 0.263. The van der Waals surface area contributed by atoms with Crippen LogP contribution in [0.3, 0.4) is 0 Å². The highest BCUT2D eigenvalue weighted by molar-refractivity contribution is 6.07. The molecule has 2 aromatic rings. The van der Waals surface area contributed by atoms with Gasteiger partial charge in [-0.05, 0) is 49.2 Å². The van der Waals surface area contributed by atoms with Crippen molar-refractivity contribution in [2.24, 2.45) is 0 Å². The van der Waals surface area contributed by atoms with Gasteiger partial charge >= 0.3 is 0 Å². The summed E-state index contributed by atoms with van der Waals surface area (Å²) < 4.78 is 13.1. The van der Waals surface area contributed by atoms with Gasteiger partial charge in [0.15, 0.2) is 0 Å². The van der Waals surface area contributed by atoms with Crippen LogP contribution < -0.4 is 10.2 Å². The average molecular weight is 326 g/mol. The number of carbonyl (C=O) groups is 2. The lowest BCUT2D eigenvalue weighted by Gasteiger charge is -2.39. The van der Waals surface area contributed by atoms with E-state index in [1.54, 1.807) is 4.90 Å². The van der Waals surface area contributed by atoms with E-state index in [0.717, 1.165) is 11.3 Å². The third-order valence-electron chi connectivity index (χ3n) is 4.28. The Hall–Kier alpha value is -2.69. The van der Waals surface area contributed by atoms with Crippen molar-refractivity contribution in [1.82, 2.24) is 5.32 Å². The van der Waals surface area contributed by atoms with E-state index >= 15 is 0 Å². The van der Waals surface area contributed by atoms with Gasteiger partial charge in [-0.2, -0.15) is 0 Å². The molecule has 3 rings (SSSR count). The number of nitrogens with one attached hydrogen (secondary N) is 1. The number of rotatable bonds is 2. The summed E-state index contributed by atoms with van der Waals surface area (Å²) in [5.74, 6) is -0.638. The third kappa shape index (κ3) is 3.02. The molecule has 0 saturated carbocycles. The van der Waals surface area contributed by atoms with Gasteiger partial charge in [-0.15, -0.1) is 0 Å². The topological polar surface area (TPSA) is 49.4 Å². The molecule has 1 aliphatic heterocycles. The number of benzene rings is 2. The highest BCUT2D eigenvalue weighted by atomic mass is 19.1. The lowest BCUT2D eigenvalue weighted by molar-refractivity contribution is -0.119. The first-order valence-corrected chi connectivity index (χ1v) is 7.92. The fourth-order valence-electron chi connectivity index (χ4n) is 3.24. The molecule has 1 heterocycles. The number of fused-ring (bicyclic) bond motifs is 1. The van der Waals surface area contributed by atoms with E-state index in [9.17, 15) is 14.0 Å². The standard InChI is InChI=1S/C19H19FN2O2/c1-12-11-17(21-13(2)23)16-5-3-4-6-18(16)22(12)19(24)14-7-9-15(20)10-8-14/h3-10,12,17H,11H2,1-2H3,(H,21,23). The van der Waals surface area contributed by atoms with Gasteiger partial charge in [-0.1, -0.05) is 18.2 Å². The second-order valence-corrected chi connectivity index (χ2v) is 6.08. The lowest BCUT2D eigenvalue weighted by Crippen LogP contribution is -2.46. The van der Waals surface area contributed by atoms with E-state index in [2.05, 4.69) is 5.32 Å². The molecule has 0 fully saturated rings. The number of nitrogens with zero attached hydrogens (tertiary/aromatic N) is 1. The molecule has 124 valence electrons. The Bertz CT molecular complexity index is 773. The van der Waals surface area contributed by atoms with Crippen molar-refractivity contribution in [3.05, 3.63) is 65.5 Å². The maximum Gasteiger partial charge on any atom is 0.258 e. The molecule has 5 heteroatoms. The number of amides is 2. The number of hydrogen-bond acceptors (Lipinski definition) is 2. The zero-order valence-electron chi connectivity index (χ0n) is 13.6. The van der Waals surface area contributed by atoms with Gasteiger partial charge < -0.3 is 10.2 Å². The lowest BCUT2D eigenvalue weighted by atomic mass is 9.91. The summed E-state index contributed by atoms with van der Waals surface area (Å²) in [5, 5.41) is 2.95. The molecule has 2 unspecified atom stereocenters. The minimum absolute atomic E-state index is 0.0886. The maximum atomic E-state index is 13.1. The predicted molar refractivity (Wildman–Crippen MR) is 90.3 cm³/mol. The van der Waals surface area contributed by atoms with Crippen molar-refractivity contribution in [1.29, 1.82) is 0 Å². The van der Waals surface area contributed by atoms with Gasteiger partial charge in [0, 0.05) is 24.2 Å². The fourth-order valence-corrected chi connectivity index (χ4v) is 3.24. The Morgan fingerprint density at radius 3 is 2.46 bits per heavy atom. The second kappa shape index (κ2) is 6.43. The van der Waals surface area contributed by atoms with Crippen LogP contribution in [0.1, 0.15) is 42.2 Å². The smallest absolute Gasteiger partial charge is 0.258 e. The van der Waals surface area contributed by atoms with E-state index in [-0.39, 0.29) is 29.7 Å². The molecule has 4 nitrogen and oxygen atoms in total. The van der Waals surface area contributed by atoms with Gasteiger partial charge in [0.25, 0.3) is 5.91 Å². The Balaban J connectivity index is 2.00. The van der Waals surface area contributed by atoms with Crippen molar-refractivity contribution in [3.8, 4) is 0 Å². The highest BCUT2D eigenvalue weighted by Gasteiger charge is 2.34. The van der Waals surface area contributed by atoms with Gasteiger partial charge in [-0.25, -0.2) is 4.39 Å². The van der Waals surface area contributed by atoms with E-state index in [1.807, 2.05) is 31.2 Å². The van der Waals surface area contributed by atoms with Gasteiger partial charge in [0.2, 0.25) is 5.91 Å². The minimum atomic E-state index is -0.371. The van der Waals surface area contributed by atoms with Crippen molar-refractivity contribution in [3.63, 3.8) is 0 Å². The van der Waals surface area contributed by atoms with Gasteiger partial charge in [0.1, 0.15) is 5.82 Å². The molecule has 0 bridgehead atoms. The summed E-state index contributed by atoms with van der Waals surface area (Å²) in [4.78, 5) is 26.1. The van der Waals surface area contributed by atoms with Crippen LogP contribution in [-0.2, 0) is 4.79 Å². The van der Waals surface area contributed by atoms with Crippen LogP contribution >= 0.6 is 0 Å². The number of halogens is 1. The second-order valence-electron chi connectivity index (χ2n) is 6.08. The normalized spacial score (nSPS) is 19.5. The van der Waals surface area contributed by atoms with E-state index in [1.165, 1.54) is 31.2 Å². The summed E-state index contributed by atoms with van der Waals surface area (Å²) >= 11 is 0. The van der Waals surface area contributed by atoms with Crippen molar-refractivity contribution in [2.45, 2.75) is 32.4 Å². The molecular formula is C19H19FN2O2. The molecule has 2 aromatic carbocycles. The van der Waals surface area contributed by atoms with E-state index < -0.39 is 0 Å². The molecule has 0 radical (unpaired) electrons. The molecule has 0 aliphatic carbocycles. The predicted octanol–water partition coefficient (Wildman–Crippen LogP) is 3.44. The number of hydrogen-bond donors (Lipinski definition) is 1. The molecule has 1 aliphatic rings. The molecule has 2 amide bonds. The maximum absolute atomic E-state index is 13.1. The molecular weight excluding hydrogens is 307 g/mol. The summed E-state index contributed by atoms with van der Waals surface area (Å²) in [5.41, 5.74) is 2.14. The molecule has 0 saturated heterocycles. The number of carbonyl (C=O) groups excluding carboxylic acids is 2. The summed E-state index contributed by atoms with van der Waals surface area (Å²) in [7, 11) is 0. The largest absolute Gasteiger partial charge is 0.349 e. The van der Waals surface area contributed by atoms with Gasteiger partial charge in [0.05, 0.1) is 6.04 Å². The Labute approximate surface area is 140 Å². The Morgan fingerprint density at radius 1 is 1.12 bits per heavy atom. The third-order valence-corrected chi connectivity index (χ3v) is 4.28. The van der Waals surface area contributed by atoms with E-state index in [4.69, 9.17) is 0 Å². The number of anilines is 1. The Kier molecular flexibility index (Phi) is 4.34. The molecule has 1 N–H and O–H groups in total. The first-order valence-electron chi connectivity index (χ1n) is 7.92. The van der Waals surface area contributed by atoms with Crippen molar-refractivity contribution < 1.29 is 14.0 Å². The van der Waals surface area contributed by atoms with Crippen LogP contribution in [0.5, 0.6) is 0 Å². The van der Waals surface area contributed by atoms with Crippen molar-refractivity contribution in [2.75, 3.05) is 4.90 Å². The highest BCUT2D eigenvalue weighted by Crippen LogP contribution is 2.37. The SMILES string of the molecule is CC(=O)NC1CC(C)N(C(=O)c2ccc(F)cc2)c2ccccc21. The summed E-state index contributed by atoms with van der Waals surface area (Å²) in [6.07, 6.45) is 0.629. The van der Waals surface area contributed by atoms with Gasteiger partial charge in [-0.3, -0.25) is 9.59 Å².